The lowest BCUT2D eigenvalue weighted by atomic mass is 10.2. The molecule has 3 heterocycles. The molecule has 0 N–H and O–H groups in total. The normalized spacial score (nSPS) is 14.7. The molecule has 130 valence electrons. The Balaban J connectivity index is 1.70. The molecule has 4 amide bonds. The van der Waals surface area contributed by atoms with Crippen LogP contribution in [0.5, 0.6) is 0 Å². The van der Waals surface area contributed by atoms with Crippen molar-refractivity contribution in [3.8, 4) is 0 Å². The zero-order valence-electron chi connectivity index (χ0n) is 12.5. The molecule has 1 aliphatic heterocycles. The highest BCUT2D eigenvalue weighted by atomic mass is 35.5. The lowest BCUT2D eigenvalue weighted by molar-refractivity contribution is -0.143. The van der Waals surface area contributed by atoms with Crippen LogP contribution >= 0.6 is 45.9 Å². The fourth-order valence-corrected chi connectivity index (χ4v) is 4.52. The molecular formula is C15H10Cl2N2O4S2. The predicted octanol–water partition coefficient (Wildman–Crippen LogP) is 3.33. The number of urea groups is 1. The van der Waals surface area contributed by atoms with E-state index in [1.165, 1.54) is 17.4 Å². The van der Waals surface area contributed by atoms with Gasteiger partial charge in [-0.05, 0) is 17.5 Å². The first kappa shape index (κ1) is 18.1. The molecule has 0 saturated carbocycles. The van der Waals surface area contributed by atoms with E-state index in [2.05, 4.69) is 0 Å². The average Bonchev–Trinajstić information content (AvgIpc) is 3.24. The van der Waals surface area contributed by atoms with Crippen LogP contribution < -0.4 is 0 Å². The van der Waals surface area contributed by atoms with Crippen LogP contribution in [-0.2, 0) is 16.0 Å². The smallest absolute Gasteiger partial charge is 0.292 e. The minimum atomic E-state index is -1.01. The fraction of sp³-hybridized carbons (Fsp3) is 0.200. The van der Waals surface area contributed by atoms with Crippen molar-refractivity contribution >= 4 is 69.5 Å². The van der Waals surface area contributed by atoms with Crippen molar-refractivity contribution in [2.24, 2.45) is 0 Å². The van der Waals surface area contributed by atoms with Crippen LogP contribution in [0.15, 0.2) is 23.6 Å². The van der Waals surface area contributed by atoms with E-state index in [0.717, 1.165) is 21.1 Å². The maximum atomic E-state index is 12.3. The number of hydrogen-bond acceptors (Lipinski definition) is 6. The largest absolute Gasteiger partial charge is 0.334 e. The van der Waals surface area contributed by atoms with E-state index < -0.39 is 30.2 Å². The lowest BCUT2D eigenvalue weighted by Gasteiger charge is -2.14. The Morgan fingerprint density at radius 2 is 1.84 bits per heavy atom. The SMILES string of the molecule is O=C(CN1C(=O)C(=O)N(CCc2cccs2)C1=O)c1cc(Cl)sc1Cl. The highest BCUT2D eigenvalue weighted by Crippen LogP contribution is 2.31. The highest BCUT2D eigenvalue weighted by molar-refractivity contribution is 7.20. The molecule has 1 saturated heterocycles. The molecule has 1 fully saturated rings. The van der Waals surface area contributed by atoms with Crippen molar-refractivity contribution in [1.29, 1.82) is 0 Å². The number of ketones is 1. The van der Waals surface area contributed by atoms with Gasteiger partial charge in [0.1, 0.15) is 4.34 Å². The van der Waals surface area contributed by atoms with Gasteiger partial charge in [-0.1, -0.05) is 29.3 Å². The summed E-state index contributed by atoms with van der Waals surface area (Å²) in [5, 5.41) is 1.88. The van der Waals surface area contributed by atoms with Gasteiger partial charge in [0.2, 0.25) is 0 Å². The molecule has 6 nitrogen and oxygen atoms in total. The maximum Gasteiger partial charge on any atom is 0.334 e. The number of imide groups is 2. The zero-order valence-corrected chi connectivity index (χ0v) is 15.7. The second kappa shape index (κ2) is 7.25. The van der Waals surface area contributed by atoms with E-state index in [9.17, 15) is 19.2 Å². The molecule has 0 unspecified atom stereocenters. The van der Waals surface area contributed by atoms with Crippen LogP contribution in [0, 0.1) is 0 Å². The zero-order chi connectivity index (χ0) is 18.1. The number of rotatable bonds is 6. The number of halogens is 2. The number of hydrogen-bond donors (Lipinski definition) is 0. The van der Waals surface area contributed by atoms with Gasteiger partial charge < -0.3 is 0 Å². The summed E-state index contributed by atoms with van der Waals surface area (Å²) in [5.74, 6) is -2.49. The van der Waals surface area contributed by atoms with Gasteiger partial charge >= 0.3 is 17.8 Å². The third-order valence-corrected chi connectivity index (χ3v) is 5.98. The summed E-state index contributed by atoms with van der Waals surface area (Å²) in [7, 11) is 0. The van der Waals surface area contributed by atoms with Crippen molar-refractivity contribution in [1.82, 2.24) is 9.80 Å². The van der Waals surface area contributed by atoms with Gasteiger partial charge in [0.05, 0.1) is 16.4 Å². The Morgan fingerprint density at radius 3 is 2.44 bits per heavy atom. The lowest BCUT2D eigenvalue weighted by Crippen LogP contribution is -2.37. The van der Waals surface area contributed by atoms with Crippen LogP contribution in [0.25, 0.3) is 0 Å². The summed E-state index contributed by atoms with van der Waals surface area (Å²) in [5.41, 5.74) is 0.127. The first-order chi connectivity index (χ1) is 11.9. The number of amides is 4. The summed E-state index contributed by atoms with van der Waals surface area (Å²) >= 11 is 14.2. The number of carbonyl (C=O) groups is 4. The Bertz CT molecular complexity index is 863. The fourth-order valence-electron chi connectivity index (χ4n) is 2.32. The first-order valence-electron chi connectivity index (χ1n) is 7.06. The van der Waals surface area contributed by atoms with Crippen molar-refractivity contribution in [2.45, 2.75) is 6.42 Å². The molecule has 0 spiro atoms. The highest BCUT2D eigenvalue weighted by Gasteiger charge is 2.45. The van der Waals surface area contributed by atoms with Crippen molar-refractivity contribution in [3.63, 3.8) is 0 Å². The van der Waals surface area contributed by atoms with Gasteiger partial charge in [0, 0.05) is 17.8 Å². The van der Waals surface area contributed by atoms with Crippen LogP contribution in [0.2, 0.25) is 8.67 Å². The van der Waals surface area contributed by atoms with E-state index in [4.69, 9.17) is 23.2 Å². The summed E-state index contributed by atoms with van der Waals surface area (Å²) in [6, 6.07) is 4.32. The second-order valence-electron chi connectivity index (χ2n) is 5.12. The third kappa shape index (κ3) is 3.62. The molecule has 2 aromatic heterocycles. The number of thiophene rings is 2. The predicted molar refractivity (Wildman–Crippen MR) is 95.5 cm³/mol. The van der Waals surface area contributed by atoms with Crippen LogP contribution in [0.4, 0.5) is 4.79 Å². The van der Waals surface area contributed by atoms with Crippen molar-refractivity contribution in [3.05, 3.63) is 42.7 Å². The first-order valence-corrected chi connectivity index (χ1v) is 9.51. The minimum Gasteiger partial charge on any atom is -0.292 e. The van der Waals surface area contributed by atoms with Crippen LogP contribution in [-0.4, -0.2) is 46.5 Å². The second-order valence-corrected chi connectivity index (χ2v) is 8.44. The molecule has 0 atom stereocenters. The quantitative estimate of drug-likeness (QED) is 0.411. The van der Waals surface area contributed by atoms with Crippen molar-refractivity contribution < 1.29 is 19.2 Å². The Kier molecular flexibility index (Phi) is 5.24. The average molecular weight is 417 g/mol. The molecule has 10 heteroatoms. The van der Waals surface area contributed by atoms with E-state index >= 15 is 0 Å². The van der Waals surface area contributed by atoms with Gasteiger partial charge in [-0.15, -0.1) is 22.7 Å². The third-order valence-electron chi connectivity index (χ3n) is 3.56. The molecule has 0 aliphatic carbocycles. The Morgan fingerprint density at radius 1 is 1.12 bits per heavy atom. The van der Waals surface area contributed by atoms with Gasteiger partial charge in [-0.2, -0.15) is 0 Å². The molecule has 2 aromatic rings. The van der Waals surface area contributed by atoms with Gasteiger partial charge in [-0.3, -0.25) is 19.3 Å². The van der Waals surface area contributed by atoms with E-state index in [1.54, 1.807) is 0 Å². The van der Waals surface area contributed by atoms with Gasteiger partial charge in [0.25, 0.3) is 0 Å². The molecule has 0 bridgehead atoms. The summed E-state index contributed by atoms with van der Waals surface area (Å²) in [6.07, 6.45) is 0.455. The minimum absolute atomic E-state index is 0.0830. The summed E-state index contributed by atoms with van der Waals surface area (Å²) in [4.78, 5) is 51.2. The monoisotopic (exact) mass is 416 g/mol. The summed E-state index contributed by atoms with van der Waals surface area (Å²) in [6.45, 7) is -0.467. The molecule has 3 rings (SSSR count). The molecule has 0 aromatic carbocycles. The number of carbonyl (C=O) groups excluding carboxylic acids is 4. The molecule has 25 heavy (non-hydrogen) atoms. The number of Topliss-reactive ketones (excluding diaryl/α,β-unsaturated/α-hetero) is 1. The van der Waals surface area contributed by atoms with E-state index in [-0.39, 0.29) is 16.4 Å². The molecule has 0 radical (unpaired) electrons. The molecule has 1 aliphatic rings. The topological polar surface area (TPSA) is 74.8 Å². The van der Waals surface area contributed by atoms with Gasteiger partial charge in [0.15, 0.2) is 5.78 Å². The van der Waals surface area contributed by atoms with Crippen molar-refractivity contribution in [2.75, 3.05) is 13.1 Å². The Hall–Kier alpha value is -1.74. The van der Waals surface area contributed by atoms with Crippen LogP contribution in [0.1, 0.15) is 15.2 Å². The van der Waals surface area contributed by atoms with E-state index in [1.807, 2.05) is 17.5 Å². The van der Waals surface area contributed by atoms with Gasteiger partial charge in [-0.25, -0.2) is 9.69 Å². The molecular weight excluding hydrogens is 407 g/mol. The Labute approximate surface area is 160 Å². The van der Waals surface area contributed by atoms with E-state index in [0.29, 0.717) is 15.7 Å². The maximum absolute atomic E-state index is 12.3. The summed E-state index contributed by atoms with van der Waals surface area (Å²) < 4.78 is 0.496. The number of nitrogens with zero attached hydrogens (tertiary/aromatic N) is 2. The standard InChI is InChI=1S/C15H10Cl2N2O4S2/c16-11-6-9(12(17)25-11)10(20)7-19-14(22)13(21)18(15(19)23)4-3-8-2-1-5-24-8/h1-2,5-6H,3-4,7H2. The van der Waals surface area contributed by atoms with Crippen LogP contribution in [0.3, 0.4) is 0 Å².